The summed E-state index contributed by atoms with van der Waals surface area (Å²) in [7, 11) is 0. The van der Waals surface area contributed by atoms with Crippen molar-refractivity contribution < 1.29 is 0 Å². The van der Waals surface area contributed by atoms with Crippen LogP contribution in [0.4, 0.5) is 0 Å². The Morgan fingerprint density at radius 2 is 0.614 bits per heavy atom. The monoisotopic (exact) mass is 614 g/mol. The number of halogens is 1. The molecule has 1 heteroatoms. The fraction of sp³-hybridized carbons (Fsp3) is 0.581. The number of hydrogen-bond donors (Lipinski definition) is 0. The first-order valence-corrected chi connectivity index (χ1v) is 19.0. The maximum absolute atomic E-state index is 8.27. The molecular weight excluding hydrogens is 552 g/mol. The van der Waals surface area contributed by atoms with E-state index in [0.717, 1.165) is 19.3 Å². The highest BCUT2D eigenvalue weighted by atomic mass is 35.5. The van der Waals surface area contributed by atoms with E-state index < -0.39 is 4.87 Å². The molecule has 0 nitrogen and oxygen atoms in total. The van der Waals surface area contributed by atoms with Gasteiger partial charge in [-0.1, -0.05) is 190 Å². The third kappa shape index (κ3) is 11.4. The first-order valence-electron chi connectivity index (χ1n) is 18.6. The van der Waals surface area contributed by atoms with Crippen molar-refractivity contribution in [2.75, 3.05) is 0 Å². The van der Waals surface area contributed by atoms with Gasteiger partial charge in [0.1, 0.15) is 4.87 Å². The summed E-state index contributed by atoms with van der Waals surface area (Å²) in [4.78, 5) is -0.698. The van der Waals surface area contributed by atoms with Crippen molar-refractivity contribution in [3.63, 3.8) is 0 Å². The number of rotatable bonds is 24. The van der Waals surface area contributed by atoms with Crippen LogP contribution in [-0.2, 0) is 24.1 Å². The largest absolute Gasteiger partial charge is 0.120 e. The van der Waals surface area contributed by atoms with E-state index in [1.165, 1.54) is 149 Å². The van der Waals surface area contributed by atoms with E-state index in [0.29, 0.717) is 0 Å². The number of unbranched alkanes of at least 4 members (excludes halogenated alkanes) is 15. The van der Waals surface area contributed by atoms with Crippen LogP contribution in [0.15, 0.2) is 72.8 Å². The summed E-state index contributed by atoms with van der Waals surface area (Å²) in [6, 6.07) is 27.4. The molecule has 0 aliphatic rings. The summed E-state index contributed by atoms with van der Waals surface area (Å²) < 4.78 is 0. The molecule has 0 saturated carbocycles. The van der Waals surface area contributed by atoms with Crippen molar-refractivity contribution in [3.8, 4) is 0 Å². The van der Waals surface area contributed by atoms with Crippen LogP contribution < -0.4 is 0 Å². The molecule has 0 spiro atoms. The molecule has 242 valence electrons. The number of alkyl halides is 1. The molecule has 0 aliphatic heterocycles. The van der Waals surface area contributed by atoms with Crippen molar-refractivity contribution in [3.05, 3.63) is 106 Å². The van der Waals surface area contributed by atoms with Crippen LogP contribution in [0, 0.1) is 0 Å². The first-order chi connectivity index (χ1) is 21.7. The van der Waals surface area contributed by atoms with Crippen molar-refractivity contribution in [2.24, 2.45) is 0 Å². The molecule has 0 radical (unpaired) electrons. The maximum atomic E-state index is 8.27. The van der Waals surface area contributed by atoms with Gasteiger partial charge in [-0.15, -0.1) is 11.6 Å². The smallest absolute Gasteiger partial charge is 0.104 e. The van der Waals surface area contributed by atoms with Crippen molar-refractivity contribution >= 4 is 11.6 Å². The number of hydrogen-bond acceptors (Lipinski definition) is 0. The maximum Gasteiger partial charge on any atom is 0.120 e. The van der Waals surface area contributed by atoms with Gasteiger partial charge in [-0.05, 0) is 71.9 Å². The lowest BCUT2D eigenvalue weighted by Gasteiger charge is -2.35. The standard InChI is InChI=1S/C43H63Cl/c1-4-7-10-13-16-19-28-37-31-22-25-34-40(37)43(44,41-35-26-23-32-38(41)29-20-17-14-11-8-5-2)42-36-27-24-33-39(42)30-21-18-15-12-9-6-3/h22-27,31-36H,4-21,28-30H2,1-3H3. The molecular formula is C43H63Cl. The Kier molecular flexibility index (Phi) is 17.9. The highest BCUT2D eigenvalue weighted by Crippen LogP contribution is 2.48. The van der Waals surface area contributed by atoms with Gasteiger partial charge in [-0.2, -0.15) is 0 Å². The fourth-order valence-corrected chi connectivity index (χ4v) is 7.50. The lowest BCUT2D eigenvalue weighted by atomic mass is 9.76. The zero-order valence-corrected chi connectivity index (χ0v) is 29.4. The Bertz CT molecular complexity index is 1020. The van der Waals surface area contributed by atoms with Crippen molar-refractivity contribution in [1.29, 1.82) is 0 Å². The summed E-state index contributed by atoms with van der Waals surface area (Å²) in [5.74, 6) is 0. The molecule has 0 amide bonds. The highest BCUT2D eigenvalue weighted by molar-refractivity contribution is 6.28. The Morgan fingerprint density at radius 3 is 0.909 bits per heavy atom. The first kappa shape index (κ1) is 36.4. The van der Waals surface area contributed by atoms with Crippen LogP contribution in [-0.4, -0.2) is 0 Å². The third-order valence-corrected chi connectivity index (χ3v) is 10.2. The van der Waals surface area contributed by atoms with Crippen molar-refractivity contribution in [1.82, 2.24) is 0 Å². The molecule has 3 aromatic carbocycles. The molecule has 3 rings (SSSR count). The Morgan fingerprint density at radius 1 is 0.364 bits per heavy atom. The second-order valence-corrected chi connectivity index (χ2v) is 13.8. The molecule has 0 saturated heterocycles. The summed E-state index contributed by atoms with van der Waals surface area (Å²) in [5, 5.41) is 0. The molecule has 0 atom stereocenters. The normalized spacial score (nSPS) is 11.7. The van der Waals surface area contributed by atoms with E-state index in [9.17, 15) is 0 Å². The molecule has 0 N–H and O–H groups in total. The van der Waals surface area contributed by atoms with Gasteiger partial charge in [0, 0.05) is 0 Å². The topological polar surface area (TPSA) is 0 Å². The second kappa shape index (κ2) is 21.6. The molecule has 0 fully saturated rings. The van der Waals surface area contributed by atoms with Gasteiger partial charge in [0.05, 0.1) is 0 Å². The van der Waals surface area contributed by atoms with E-state index in [4.69, 9.17) is 11.6 Å². The van der Waals surface area contributed by atoms with Crippen LogP contribution in [0.5, 0.6) is 0 Å². The van der Waals surface area contributed by atoms with E-state index in [1.807, 2.05) is 0 Å². The minimum absolute atomic E-state index is 0.698. The molecule has 0 aromatic heterocycles. The average molecular weight is 615 g/mol. The molecule has 3 aromatic rings. The second-order valence-electron chi connectivity index (χ2n) is 13.2. The Labute approximate surface area is 277 Å². The highest BCUT2D eigenvalue weighted by Gasteiger charge is 2.38. The van der Waals surface area contributed by atoms with Crippen LogP contribution in [0.25, 0.3) is 0 Å². The summed E-state index contributed by atoms with van der Waals surface area (Å²) in [5.41, 5.74) is 8.13. The average Bonchev–Trinajstić information content (AvgIpc) is 3.06. The van der Waals surface area contributed by atoms with E-state index in [-0.39, 0.29) is 0 Å². The molecule has 44 heavy (non-hydrogen) atoms. The minimum Gasteiger partial charge on any atom is -0.104 e. The zero-order chi connectivity index (χ0) is 31.3. The minimum atomic E-state index is -0.698. The zero-order valence-electron chi connectivity index (χ0n) is 28.7. The summed E-state index contributed by atoms with van der Waals surface area (Å²) in [6.45, 7) is 6.89. The number of benzene rings is 3. The fourth-order valence-electron chi connectivity index (χ4n) is 6.95. The molecule has 0 aliphatic carbocycles. The summed E-state index contributed by atoms with van der Waals surface area (Å²) in [6.07, 6.45) is 26.9. The van der Waals surface area contributed by atoms with E-state index >= 15 is 0 Å². The lowest BCUT2D eigenvalue weighted by molar-refractivity contribution is 0.601. The van der Waals surface area contributed by atoms with E-state index in [2.05, 4.69) is 93.6 Å². The van der Waals surface area contributed by atoms with E-state index in [1.54, 1.807) is 0 Å². The lowest BCUT2D eigenvalue weighted by Crippen LogP contribution is -2.27. The summed E-state index contributed by atoms with van der Waals surface area (Å²) >= 11 is 8.27. The predicted octanol–water partition coefficient (Wildman–Crippen LogP) is 13.9. The predicted molar refractivity (Wildman–Crippen MR) is 196 cm³/mol. The third-order valence-electron chi connectivity index (χ3n) is 9.56. The van der Waals surface area contributed by atoms with Gasteiger partial charge in [0.25, 0.3) is 0 Å². The SMILES string of the molecule is CCCCCCCCc1ccccc1C(Cl)(c1ccccc1CCCCCCCC)c1ccccc1CCCCCCCC. The van der Waals surface area contributed by atoms with Crippen LogP contribution in [0.2, 0.25) is 0 Å². The van der Waals surface area contributed by atoms with Crippen LogP contribution in [0.1, 0.15) is 170 Å². The van der Waals surface area contributed by atoms with Gasteiger partial charge < -0.3 is 0 Å². The van der Waals surface area contributed by atoms with Gasteiger partial charge in [0.15, 0.2) is 0 Å². The van der Waals surface area contributed by atoms with Crippen molar-refractivity contribution in [2.45, 2.75) is 160 Å². The van der Waals surface area contributed by atoms with Crippen LogP contribution >= 0.6 is 11.6 Å². The van der Waals surface area contributed by atoms with Gasteiger partial charge in [-0.25, -0.2) is 0 Å². The Balaban J connectivity index is 1.97. The quantitative estimate of drug-likeness (QED) is 0.0534. The van der Waals surface area contributed by atoms with Gasteiger partial charge in [0.2, 0.25) is 0 Å². The molecule has 0 unspecified atom stereocenters. The van der Waals surface area contributed by atoms with Gasteiger partial charge >= 0.3 is 0 Å². The number of aryl methyl sites for hydroxylation is 3. The van der Waals surface area contributed by atoms with Gasteiger partial charge in [-0.3, -0.25) is 0 Å². The molecule has 0 heterocycles. The Hall–Kier alpha value is -2.05. The van der Waals surface area contributed by atoms with Crippen LogP contribution in [0.3, 0.4) is 0 Å². The molecule has 0 bridgehead atoms.